The molecule has 0 saturated heterocycles. The number of rotatable bonds is 7. The van der Waals surface area contributed by atoms with E-state index < -0.39 is 0 Å². The predicted octanol–water partition coefficient (Wildman–Crippen LogP) is 2.07. The van der Waals surface area contributed by atoms with Crippen LogP contribution in [0.3, 0.4) is 0 Å². The molecule has 24 heavy (non-hydrogen) atoms. The van der Waals surface area contributed by atoms with Crippen LogP contribution in [0.15, 0.2) is 46.0 Å². The lowest BCUT2D eigenvalue weighted by Crippen LogP contribution is -2.38. The minimum absolute atomic E-state index is 0.0949. The molecule has 0 aliphatic rings. The highest BCUT2D eigenvalue weighted by molar-refractivity contribution is 5.90. The highest BCUT2D eigenvalue weighted by atomic mass is 16.3. The van der Waals surface area contributed by atoms with Crippen LogP contribution in [-0.2, 0) is 11.3 Å². The number of anilines is 1. The number of guanidine groups is 1. The van der Waals surface area contributed by atoms with Gasteiger partial charge in [0.1, 0.15) is 18.1 Å². The molecule has 0 aromatic carbocycles. The van der Waals surface area contributed by atoms with Gasteiger partial charge in [0, 0.05) is 25.2 Å². The van der Waals surface area contributed by atoms with E-state index >= 15 is 0 Å². The van der Waals surface area contributed by atoms with Crippen molar-refractivity contribution in [2.45, 2.75) is 26.8 Å². The molecule has 0 radical (unpaired) electrons. The van der Waals surface area contributed by atoms with Gasteiger partial charge in [0.05, 0.1) is 6.26 Å². The number of aryl methyl sites for hydroxylation is 1. The molecule has 0 saturated carbocycles. The van der Waals surface area contributed by atoms with Gasteiger partial charge in [-0.1, -0.05) is 6.07 Å². The molecular formula is C17H23N5O2. The second-order valence-corrected chi connectivity index (χ2v) is 5.16. The van der Waals surface area contributed by atoms with Crippen LogP contribution in [0.25, 0.3) is 0 Å². The molecule has 2 aromatic rings. The van der Waals surface area contributed by atoms with Crippen LogP contribution in [0.2, 0.25) is 0 Å². The number of amides is 1. The zero-order valence-electron chi connectivity index (χ0n) is 14.0. The Bertz CT molecular complexity index is 667. The van der Waals surface area contributed by atoms with E-state index in [9.17, 15) is 4.79 Å². The molecule has 0 aliphatic carbocycles. The monoisotopic (exact) mass is 329 g/mol. The number of hydrogen-bond donors (Lipinski definition) is 3. The van der Waals surface area contributed by atoms with Gasteiger partial charge in [0.2, 0.25) is 5.91 Å². The number of aliphatic imine (C=N–C) groups is 1. The van der Waals surface area contributed by atoms with Gasteiger partial charge in [-0.15, -0.1) is 0 Å². The Kier molecular flexibility index (Phi) is 6.82. The van der Waals surface area contributed by atoms with Crippen LogP contribution in [0, 0.1) is 6.92 Å². The zero-order chi connectivity index (χ0) is 17.2. The summed E-state index contributed by atoms with van der Waals surface area (Å²) in [4.78, 5) is 20.6. The molecule has 7 heteroatoms. The summed E-state index contributed by atoms with van der Waals surface area (Å²) in [5, 5.41) is 9.03. The van der Waals surface area contributed by atoms with Crippen molar-refractivity contribution in [2.75, 3.05) is 18.4 Å². The number of hydrogen-bond acceptors (Lipinski definition) is 4. The van der Waals surface area contributed by atoms with Gasteiger partial charge in [-0.05, 0) is 38.1 Å². The van der Waals surface area contributed by atoms with Gasteiger partial charge < -0.3 is 20.4 Å². The Morgan fingerprint density at radius 2 is 2.12 bits per heavy atom. The van der Waals surface area contributed by atoms with Crippen LogP contribution in [0.4, 0.5) is 5.82 Å². The predicted molar refractivity (Wildman–Crippen MR) is 93.7 cm³/mol. The molecule has 0 unspecified atom stereocenters. The third-order valence-corrected chi connectivity index (χ3v) is 3.12. The minimum atomic E-state index is -0.0949. The SMILES string of the molecule is CCNC(=NCc1ccco1)NCCC(=O)Nc1cccc(C)n1. The fraction of sp³-hybridized carbons (Fsp3) is 0.353. The number of nitrogens with one attached hydrogen (secondary N) is 3. The summed E-state index contributed by atoms with van der Waals surface area (Å²) in [5.41, 5.74) is 0.866. The van der Waals surface area contributed by atoms with Crippen LogP contribution >= 0.6 is 0 Å². The highest BCUT2D eigenvalue weighted by Gasteiger charge is 2.05. The minimum Gasteiger partial charge on any atom is -0.467 e. The maximum absolute atomic E-state index is 11.9. The standard InChI is InChI=1S/C17H23N5O2/c1-3-18-17(20-12-14-7-5-11-24-14)19-10-9-16(23)22-15-8-4-6-13(2)21-15/h4-8,11H,3,9-10,12H2,1-2H3,(H2,18,19,20)(H,21,22,23). The largest absolute Gasteiger partial charge is 0.467 e. The van der Waals surface area contributed by atoms with E-state index in [0.717, 1.165) is 18.0 Å². The fourth-order valence-corrected chi connectivity index (χ4v) is 2.01. The number of furan rings is 1. The number of carbonyl (C=O) groups excluding carboxylic acids is 1. The van der Waals surface area contributed by atoms with Crippen molar-refractivity contribution in [2.24, 2.45) is 4.99 Å². The molecule has 0 bridgehead atoms. The highest BCUT2D eigenvalue weighted by Crippen LogP contribution is 2.04. The van der Waals surface area contributed by atoms with Crippen molar-refractivity contribution in [3.8, 4) is 0 Å². The van der Waals surface area contributed by atoms with Gasteiger partial charge in [-0.3, -0.25) is 4.79 Å². The average Bonchev–Trinajstić information content (AvgIpc) is 3.06. The number of nitrogens with zero attached hydrogens (tertiary/aromatic N) is 2. The Labute approximate surface area is 141 Å². The zero-order valence-corrected chi connectivity index (χ0v) is 14.0. The quantitative estimate of drug-likeness (QED) is 0.534. The van der Waals surface area contributed by atoms with Gasteiger partial charge in [-0.25, -0.2) is 9.98 Å². The maximum atomic E-state index is 11.9. The van der Waals surface area contributed by atoms with E-state index in [0.29, 0.717) is 31.3 Å². The smallest absolute Gasteiger partial charge is 0.227 e. The summed E-state index contributed by atoms with van der Waals surface area (Å²) in [6, 6.07) is 9.22. The van der Waals surface area contributed by atoms with Gasteiger partial charge in [-0.2, -0.15) is 0 Å². The lowest BCUT2D eigenvalue weighted by atomic mass is 10.3. The summed E-state index contributed by atoms with van der Waals surface area (Å²) in [6.07, 6.45) is 1.94. The molecule has 3 N–H and O–H groups in total. The first-order chi connectivity index (χ1) is 11.7. The first-order valence-corrected chi connectivity index (χ1v) is 7.95. The van der Waals surface area contributed by atoms with E-state index in [1.54, 1.807) is 12.3 Å². The first-order valence-electron chi connectivity index (χ1n) is 7.95. The molecule has 7 nitrogen and oxygen atoms in total. The first kappa shape index (κ1) is 17.5. The number of aromatic nitrogens is 1. The second kappa shape index (κ2) is 9.34. The van der Waals surface area contributed by atoms with E-state index in [-0.39, 0.29) is 5.91 Å². The second-order valence-electron chi connectivity index (χ2n) is 5.16. The van der Waals surface area contributed by atoms with Crippen molar-refractivity contribution < 1.29 is 9.21 Å². The van der Waals surface area contributed by atoms with E-state index in [2.05, 4.69) is 25.9 Å². The van der Waals surface area contributed by atoms with Crippen LogP contribution in [-0.4, -0.2) is 29.9 Å². The maximum Gasteiger partial charge on any atom is 0.227 e. The molecule has 0 spiro atoms. The lowest BCUT2D eigenvalue weighted by Gasteiger charge is -2.11. The summed E-state index contributed by atoms with van der Waals surface area (Å²) < 4.78 is 5.25. The Morgan fingerprint density at radius 1 is 1.25 bits per heavy atom. The van der Waals surface area contributed by atoms with Crippen LogP contribution in [0.1, 0.15) is 24.8 Å². The summed E-state index contributed by atoms with van der Waals surface area (Å²) >= 11 is 0. The molecule has 128 valence electrons. The summed E-state index contributed by atoms with van der Waals surface area (Å²) in [7, 11) is 0. The topological polar surface area (TPSA) is 91.5 Å². The molecule has 2 heterocycles. The normalized spacial score (nSPS) is 11.2. The van der Waals surface area contributed by atoms with E-state index in [1.165, 1.54) is 0 Å². The number of carbonyl (C=O) groups is 1. The Morgan fingerprint density at radius 3 is 2.83 bits per heavy atom. The third-order valence-electron chi connectivity index (χ3n) is 3.12. The molecule has 0 fully saturated rings. The van der Waals surface area contributed by atoms with Crippen molar-refractivity contribution in [1.29, 1.82) is 0 Å². The fourth-order valence-electron chi connectivity index (χ4n) is 2.01. The summed E-state index contributed by atoms with van der Waals surface area (Å²) in [5.74, 6) is 1.91. The summed E-state index contributed by atoms with van der Waals surface area (Å²) in [6.45, 7) is 5.53. The van der Waals surface area contributed by atoms with Crippen LogP contribution in [0.5, 0.6) is 0 Å². The van der Waals surface area contributed by atoms with E-state index in [1.807, 2.05) is 38.1 Å². The Balaban J connectivity index is 1.77. The van der Waals surface area contributed by atoms with Crippen molar-refractivity contribution in [3.63, 3.8) is 0 Å². The molecule has 0 atom stereocenters. The molecular weight excluding hydrogens is 306 g/mol. The molecule has 1 amide bonds. The van der Waals surface area contributed by atoms with Crippen LogP contribution < -0.4 is 16.0 Å². The number of pyridine rings is 1. The molecule has 2 aromatic heterocycles. The third kappa shape index (κ3) is 6.12. The van der Waals surface area contributed by atoms with Crippen molar-refractivity contribution in [1.82, 2.24) is 15.6 Å². The van der Waals surface area contributed by atoms with Crippen molar-refractivity contribution >= 4 is 17.7 Å². The molecule has 0 aliphatic heterocycles. The van der Waals surface area contributed by atoms with Crippen molar-refractivity contribution in [3.05, 3.63) is 48.0 Å². The van der Waals surface area contributed by atoms with Gasteiger partial charge in [0.15, 0.2) is 5.96 Å². The molecule has 2 rings (SSSR count). The Hall–Kier alpha value is -2.83. The lowest BCUT2D eigenvalue weighted by molar-refractivity contribution is -0.116. The van der Waals surface area contributed by atoms with E-state index in [4.69, 9.17) is 4.42 Å². The van der Waals surface area contributed by atoms with Gasteiger partial charge >= 0.3 is 0 Å². The van der Waals surface area contributed by atoms with Gasteiger partial charge in [0.25, 0.3) is 0 Å². The average molecular weight is 329 g/mol.